The van der Waals surface area contributed by atoms with Crippen molar-refractivity contribution in [2.75, 3.05) is 13.1 Å². The van der Waals surface area contributed by atoms with E-state index in [9.17, 15) is 13.2 Å². The Bertz CT molecular complexity index is 1280. The van der Waals surface area contributed by atoms with Gasteiger partial charge in [0.25, 0.3) is 0 Å². The third-order valence-corrected chi connectivity index (χ3v) is 8.04. The Labute approximate surface area is 200 Å². The number of nitrogens with zero attached hydrogens (tertiary/aromatic N) is 2. The van der Waals surface area contributed by atoms with E-state index in [1.165, 1.54) is 36.1 Å². The quantitative estimate of drug-likeness (QED) is 0.696. The molecule has 5 rings (SSSR count). The molecule has 178 valence electrons. The van der Waals surface area contributed by atoms with Crippen LogP contribution in [0, 0.1) is 5.92 Å². The molecule has 34 heavy (non-hydrogen) atoms. The lowest BCUT2D eigenvalue weighted by molar-refractivity contribution is 0.191. The Morgan fingerprint density at radius 2 is 1.85 bits per heavy atom. The van der Waals surface area contributed by atoms with E-state index in [2.05, 4.69) is 35.4 Å². The van der Waals surface area contributed by atoms with Gasteiger partial charge in [-0.05, 0) is 53.7 Å². The molecule has 3 aliphatic rings. The number of nitrogens with one attached hydrogen (secondary N) is 1. The first-order valence-corrected chi connectivity index (χ1v) is 13.4. The number of allylic oxidation sites excluding steroid dienone is 2. The van der Waals surface area contributed by atoms with Crippen LogP contribution >= 0.6 is 0 Å². The Kier molecular flexibility index (Phi) is 6.04. The predicted molar refractivity (Wildman–Crippen MR) is 132 cm³/mol. The van der Waals surface area contributed by atoms with Gasteiger partial charge >= 0.3 is 6.03 Å². The van der Waals surface area contributed by atoms with Gasteiger partial charge in [-0.15, -0.1) is 0 Å². The molecule has 1 atom stereocenters. The fourth-order valence-corrected chi connectivity index (χ4v) is 5.77. The van der Waals surface area contributed by atoms with E-state index in [0.717, 1.165) is 41.6 Å². The highest BCUT2D eigenvalue weighted by atomic mass is 32.2. The summed E-state index contributed by atoms with van der Waals surface area (Å²) in [6.07, 6.45) is 11.6. The number of pyridine rings is 1. The van der Waals surface area contributed by atoms with Gasteiger partial charge in [0, 0.05) is 42.9 Å². The molecule has 1 saturated carbocycles. The highest BCUT2D eigenvalue weighted by Crippen LogP contribution is 2.38. The molecule has 0 bridgehead atoms. The fraction of sp³-hybridized carbons (Fsp3) is 0.385. The molecule has 1 aromatic heterocycles. The summed E-state index contributed by atoms with van der Waals surface area (Å²) in [5.74, 6) is 0.220. The number of hydrogen-bond acceptors (Lipinski definition) is 4. The fourth-order valence-electron chi connectivity index (χ4n) is 5.26. The van der Waals surface area contributed by atoms with Crippen molar-refractivity contribution in [2.24, 2.45) is 11.1 Å². The molecule has 1 fully saturated rings. The average Bonchev–Trinajstić information content (AvgIpc) is 3.48. The third kappa shape index (κ3) is 4.52. The summed E-state index contributed by atoms with van der Waals surface area (Å²) in [5.41, 5.74) is 6.40. The number of fused-ring (bicyclic) bond motifs is 1. The molecule has 1 unspecified atom stereocenters. The van der Waals surface area contributed by atoms with Crippen LogP contribution in [0.1, 0.15) is 43.9 Å². The molecule has 1 aliphatic heterocycles. The zero-order valence-electron chi connectivity index (χ0n) is 19.3. The number of hydrogen-bond donors (Lipinski definition) is 2. The Morgan fingerprint density at radius 1 is 1.12 bits per heavy atom. The van der Waals surface area contributed by atoms with Crippen LogP contribution in [0.3, 0.4) is 0 Å². The van der Waals surface area contributed by atoms with Crippen molar-refractivity contribution in [3.63, 3.8) is 0 Å². The molecule has 0 spiro atoms. The maximum atomic E-state index is 12.7. The van der Waals surface area contributed by atoms with Crippen molar-refractivity contribution in [1.29, 1.82) is 0 Å². The van der Waals surface area contributed by atoms with Crippen LogP contribution in [-0.4, -0.2) is 43.5 Å². The molecular formula is C26H30N4O3S. The van der Waals surface area contributed by atoms with E-state index in [4.69, 9.17) is 5.14 Å². The van der Waals surface area contributed by atoms with Crippen LogP contribution in [0.5, 0.6) is 0 Å². The summed E-state index contributed by atoms with van der Waals surface area (Å²) in [5, 5.41) is 8.42. The second-order valence-electron chi connectivity index (χ2n) is 9.51. The molecule has 2 aliphatic carbocycles. The lowest BCUT2D eigenvalue weighted by Crippen LogP contribution is -2.47. The standard InChI is InChI=1S/C26H30N4O3S/c1-17-16-30(26(31)29-20-4-2-3-5-20)13-12-22(17)23-10-11-25-24(23)14-19(15-28-25)18-6-8-21(9-7-18)34(27,32)33/h6-10,12,14-15,17,20H,2-5,11,13,16H2,1H3,(H,29,31)(H2,27,32,33). The normalized spacial score (nSPS) is 20.6. The number of amides is 2. The summed E-state index contributed by atoms with van der Waals surface area (Å²) >= 11 is 0. The minimum Gasteiger partial charge on any atom is -0.335 e. The van der Waals surface area contributed by atoms with Crippen LogP contribution < -0.4 is 10.5 Å². The second-order valence-corrected chi connectivity index (χ2v) is 11.1. The predicted octanol–water partition coefficient (Wildman–Crippen LogP) is 3.87. The van der Waals surface area contributed by atoms with Gasteiger partial charge in [-0.25, -0.2) is 18.4 Å². The van der Waals surface area contributed by atoms with Gasteiger partial charge in [0.05, 0.1) is 10.6 Å². The van der Waals surface area contributed by atoms with Gasteiger partial charge in [0.2, 0.25) is 10.0 Å². The van der Waals surface area contributed by atoms with Crippen LogP contribution in [0.15, 0.2) is 59.1 Å². The molecular weight excluding hydrogens is 448 g/mol. The average molecular weight is 479 g/mol. The Balaban J connectivity index is 1.35. The summed E-state index contributed by atoms with van der Waals surface area (Å²) < 4.78 is 23.1. The van der Waals surface area contributed by atoms with Crippen molar-refractivity contribution in [3.05, 3.63) is 65.5 Å². The second kappa shape index (κ2) is 9.00. The van der Waals surface area contributed by atoms with E-state index in [0.29, 0.717) is 19.1 Å². The number of benzene rings is 1. The first-order valence-electron chi connectivity index (χ1n) is 11.9. The first-order chi connectivity index (χ1) is 16.3. The van der Waals surface area contributed by atoms with E-state index in [1.54, 1.807) is 12.1 Å². The topological polar surface area (TPSA) is 105 Å². The van der Waals surface area contributed by atoms with E-state index < -0.39 is 10.0 Å². The van der Waals surface area contributed by atoms with E-state index >= 15 is 0 Å². The van der Waals surface area contributed by atoms with Crippen molar-refractivity contribution >= 4 is 21.6 Å². The molecule has 1 aromatic carbocycles. The van der Waals surface area contributed by atoms with Crippen molar-refractivity contribution in [2.45, 2.75) is 50.0 Å². The minimum atomic E-state index is -3.72. The van der Waals surface area contributed by atoms with E-state index in [-0.39, 0.29) is 16.8 Å². The SMILES string of the molecule is CC1CN(C(=O)NC2CCCC2)CC=C1C1=CCc2ncc(-c3ccc(S(N)(=O)=O)cc3)cc21. The Morgan fingerprint density at radius 3 is 2.53 bits per heavy atom. The number of primary sulfonamides is 1. The first kappa shape index (κ1) is 22.8. The maximum Gasteiger partial charge on any atom is 0.317 e. The number of urea groups is 1. The van der Waals surface area contributed by atoms with Crippen molar-refractivity contribution < 1.29 is 13.2 Å². The number of nitrogens with two attached hydrogens (primary N) is 1. The molecule has 3 N–H and O–H groups in total. The van der Waals surface area contributed by atoms with Crippen LogP contribution in [0.25, 0.3) is 16.7 Å². The largest absolute Gasteiger partial charge is 0.335 e. The van der Waals surface area contributed by atoms with Crippen LogP contribution in [-0.2, 0) is 16.4 Å². The lowest BCUT2D eigenvalue weighted by Gasteiger charge is -2.33. The van der Waals surface area contributed by atoms with Crippen LogP contribution in [0.4, 0.5) is 4.79 Å². The summed E-state index contributed by atoms with van der Waals surface area (Å²) in [6.45, 7) is 3.47. The van der Waals surface area contributed by atoms with Gasteiger partial charge in [-0.2, -0.15) is 0 Å². The zero-order chi connectivity index (χ0) is 23.9. The number of sulfonamides is 1. The van der Waals surface area contributed by atoms with Gasteiger partial charge in [-0.1, -0.05) is 44.1 Å². The summed E-state index contributed by atoms with van der Waals surface area (Å²) in [6, 6.07) is 9.04. The molecule has 2 amide bonds. The number of rotatable bonds is 4. The maximum absolute atomic E-state index is 12.7. The lowest BCUT2D eigenvalue weighted by atomic mass is 9.87. The highest BCUT2D eigenvalue weighted by molar-refractivity contribution is 7.89. The van der Waals surface area contributed by atoms with E-state index in [1.807, 2.05) is 11.1 Å². The van der Waals surface area contributed by atoms with Crippen LogP contribution in [0.2, 0.25) is 0 Å². The Hall–Kier alpha value is -2.97. The molecule has 2 aromatic rings. The van der Waals surface area contributed by atoms with Crippen molar-refractivity contribution in [1.82, 2.24) is 15.2 Å². The van der Waals surface area contributed by atoms with Gasteiger partial charge in [0.15, 0.2) is 0 Å². The molecule has 8 heteroatoms. The monoisotopic (exact) mass is 478 g/mol. The molecule has 0 radical (unpaired) electrons. The number of aromatic nitrogens is 1. The molecule has 0 saturated heterocycles. The zero-order valence-corrected chi connectivity index (χ0v) is 20.1. The van der Waals surface area contributed by atoms with Gasteiger partial charge in [-0.3, -0.25) is 4.98 Å². The van der Waals surface area contributed by atoms with Gasteiger partial charge in [0.1, 0.15) is 0 Å². The number of carbonyl (C=O) groups excluding carboxylic acids is 1. The van der Waals surface area contributed by atoms with Crippen molar-refractivity contribution in [3.8, 4) is 11.1 Å². The third-order valence-electron chi connectivity index (χ3n) is 7.11. The summed E-state index contributed by atoms with van der Waals surface area (Å²) in [4.78, 5) is 19.4. The molecule has 7 nitrogen and oxygen atoms in total. The smallest absolute Gasteiger partial charge is 0.317 e. The minimum absolute atomic E-state index is 0.0433. The van der Waals surface area contributed by atoms with Gasteiger partial charge < -0.3 is 10.2 Å². The molecule has 2 heterocycles. The summed E-state index contributed by atoms with van der Waals surface area (Å²) in [7, 11) is -3.72. The highest BCUT2D eigenvalue weighted by Gasteiger charge is 2.29. The number of carbonyl (C=O) groups is 1.